The molecule has 4 heterocycles. The molecule has 0 bridgehead atoms. The largest absolute Gasteiger partial charge is 0.462 e. The van der Waals surface area contributed by atoms with Gasteiger partial charge >= 0.3 is 11.9 Å². The van der Waals surface area contributed by atoms with Crippen molar-refractivity contribution < 1.29 is 38.2 Å². The van der Waals surface area contributed by atoms with Crippen molar-refractivity contribution >= 4 is 79.0 Å². The van der Waals surface area contributed by atoms with E-state index in [4.69, 9.17) is 9.47 Å². The summed E-state index contributed by atoms with van der Waals surface area (Å²) < 4.78 is 11.1. The molecule has 2 aliphatic heterocycles. The van der Waals surface area contributed by atoms with Gasteiger partial charge < -0.3 is 9.47 Å². The number of esters is 2. The van der Waals surface area contributed by atoms with E-state index in [1.807, 2.05) is 48.5 Å². The minimum Gasteiger partial charge on any atom is -0.462 e. The number of thiophene rings is 2. The Kier molecular flexibility index (Phi) is 8.54. The summed E-state index contributed by atoms with van der Waals surface area (Å²) in [4.78, 5) is 90.4. The van der Waals surface area contributed by atoms with Crippen LogP contribution in [0.15, 0.2) is 72.8 Å². The van der Waals surface area contributed by atoms with Gasteiger partial charge in [-0.05, 0) is 98.9 Å². The van der Waals surface area contributed by atoms with Crippen molar-refractivity contribution in [1.82, 2.24) is 0 Å². The smallest absolute Gasteiger partial charge is 0.341 e. The Bertz CT molecular complexity index is 2600. The van der Waals surface area contributed by atoms with Crippen molar-refractivity contribution in [2.45, 2.75) is 52.4 Å². The molecule has 288 valence electrons. The lowest BCUT2D eigenvalue weighted by atomic mass is 9.85. The molecule has 0 spiro atoms. The van der Waals surface area contributed by atoms with Gasteiger partial charge in [-0.1, -0.05) is 48.5 Å². The van der Waals surface area contributed by atoms with E-state index in [0.717, 1.165) is 67.5 Å². The standard InChI is InChI=1S/C46H34N2O8S2/c1-3-55-45(53)37-35-25-15-7-5-11-23(25)13-9-17-31(35)57-43(37)47-39(49)27-19-21-29-34-30(22-20-28(33(27)34)40(47)50)42(52)48(41(29)51)44-38(46(54)56-4-2)36-26-16-8-6-12-24(26)14-10-18-32(36)58-44/h5-8,11-12,15-16,19-22H,3-4,9-10,13-14,17-18H2,1-2H3. The Morgan fingerprint density at radius 1 is 0.517 bits per heavy atom. The van der Waals surface area contributed by atoms with Crippen molar-refractivity contribution in [3.8, 4) is 22.3 Å². The molecule has 12 heteroatoms. The zero-order valence-corrected chi connectivity index (χ0v) is 33.2. The summed E-state index contributed by atoms with van der Waals surface area (Å²) in [5.74, 6) is -3.96. The molecule has 2 aromatic heterocycles. The van der Waals surface area contributed by atoms with Crippen molar-refractivity contribution in [3.05, 3.63) is 127 Å². The Morgan fingerprint density at radius 3 is 1.24 bits per heavy atom. The number of hydrogen-bond acceptors (Lipinski definition) is 10. The summed E-state index contributed by atoms with van der Waals surface area (Å²) in [5, 5.41) is 0.756. The third-order valence-electron chi connectivity index (χ3n) is 11.5. The highest BCUT2D eigenvalue weighted by molar-refractivity contribution is 7.18. The molecule has 2 aliphatic carbocycles. The molecule has 0 atom stereocenters. The second-order valence-corrected chi connectivity index (χ2v) is 16.8. The van der Waals surface area contributed by atoms with Gasteiger partial charge in [0.2, 0.25) is 0 Å². The Hall–Kier alpha value is -6.24. The molecular formula is C46H34N2O8S2. The quantitative estimate of drug-likeness (QED) is 0.120. The number of carbonyl (C=O) groups excluding carboxylic acids is 6. The fraction of sp³-hybridized carbons (Fsp3) is 0.217. The number of anilines is 2. The van der Waals surface area contributed by atoms with Gasteiger partial charge in [0.15, 0.2) is 0 Å². The Balaban J connectivity index is 1.12. The number of carbonyl (C=O) groups is 6. The van der Waals surface area contributed by atoms with Crippen molar-refractivity contribution in [2.24, 2.45) is 0 Å². The molecule has 0 unspecified atom stereocenters. The predicted octanol–water partition coefficient (Wildman–Crippen LogP) is 9.23. The summed E-state index contributed by atoms with van der Waals surface area (Å²) >= 11 is 2.48. The molecule has 0 saturated heterocycles. The van der Waals surface area contributed by atoms with Crippen LogP contribution in [0.25, 0.3) is 33.0 Å². The first-order chi connectivity index (χ1) is 28.2. The topological polar surface area (TPSA) is 127 Å². The molecule has 4 aliphatic rings. The number of benzene rings is 4. The van der Waals surface area contributed by atoms with E-state index in [1.165, 1.54) is 46.9 Å². The van der Waals surface area contributed by atoms with Crippen LogP contribution in [0, 0.1) is 0 Å². The third kappa shape index (κ3) is 5.14. The van der Waals surface area contributed by atoms with Crippen LogP contribution in [0.5, 0.6) is 0 Å². The molecule has 58 heavy (non-hydrogen) atoms. The summed E-state index contributed by atoms with van der Waals surface area (Å²) in [7, 11) is 0. The number of aryl methyl sites for hydroxylation is 4. The lowest BCUT2D eigenvalue weighted by molar-refractivity contribution is 0.0518. The zero-order valence-electron chi connectivity index (χ0n) is 31.6. The SMILES string of the molecule is CCOC(=O)c1c(N2C(=O)c3ccc4c5c(ccc(c35)C2=O)C(=O)N(c2sc3c(c2C(=O)OCC)-c2ccccc2CCC3)C4=O)sc2c1-c1ccccc1CCC2. The second-order valence-electron chi connectivity index (χ2n) is 14.6. The number of imide groups is 2. The van der Waals surface area contributed by atoms with Crippen LogP contribution in [0.4, 0.5) is 10.0 Å². The maximum atomic E-state index is 14.7. The van der Waals surface area contributed by atoms with Crippen molar-refractivity contribution in [1.29, 1.82) is 0 Å². The van der Waals surface area contributed by atoms with Gasteiger partial charge in [-0.25, -0.2) is 19.4 Å². The Morgan fingerprint density at radius 2 is 0.879 bits per heavy atom. The molecule has 0 fully saturated rings. The Labute approximate surface area is 340 Å². The number of ether oxygens (including phenoxy) is 2. The highest BCUT2D eigenvalue weighted by Crippen LogP contribution is 2.51. The van der Waals surface area contributed by atoms with E-state index in [0.29, 0.717) is 24.0 Å². The lowest BCUT2D eigenvalue weighted by Gasteiger charge is -2.31. The second kappa shape index (κ2) is 13.7. The lowest BCUT2D eigenvalue weighted by Crippen LogP contribution is -2.43. The first-order valence-corrected chi connectivity index (χ1v) is 21.1. The van der Waals surface area contributed by atoms with Crippen LogP contribution in [-0.2, 0) is 35.2 Å². The zero-order chi connectivity index (χ0) is 40.0. The highest BCUT2D eigenvalue weighted by atomic mass is 32.1. The van der Waals surface area contributed by atoms with Gasteiger partial charge in [0.05, 0.1) is 13.2 Å². The van der Waals surface area contributed by atoms with E-state index >= 15 is 0 Å². The number of fused-ring (bicyclic) bond motifs is 6. The first-order valence-electron chi connectivity index (χ1n) is 19.4. The van der Waals surface area contributed by atoms with E-state index in [2.05, 4.69) is 0 Å². The monoisotopic (exact) mass is 806 g/mol. The molecule has 4 amide bonds. The van der Waals surface area contributed by atoms with Crippen LogP contribution >= 0.6 is 22.7 Å². The average molecular weight is 807 g/mol. The summed E-state index contributed by atoms with van der Waals surface area (Å²) in [6, 6.07) is 21.7. The molecule has 10 rings (SSSR count). The highest BCUT2D eigenvalue weighted by Gasteiger charge is 2.45. The molecule has 0 N–H and O–H groups in total. The number of amides is 4. The van der Waals surface area contributed by atoms with Gasteiger partial charge in [0, 0.05) is 53.9 Å². The summed E-state index contributed by atoms with van der Waals surface area (Å²) in [5.41, 5.74) is 6.05. The van der Waals surface area contributed by atoms with Crippen LogP contribution in [0.1, 0.15) is 110 Å². The summed E-state index contributed by atoms with van der Waals surface area (Å²) in [6.45, 7) is 3.61. The van der Waals surface area contributed by atoms with E-state index < -0.39 is 35.6 Å². The maximum Gasteiger partial charge on any atom is 0.341 e. The number of nitrogens with zero attached hydrogens (tertiary/aromatic N) is 2. The van der Waals surface area contributed by atoms with Gasteiger partial charge in [-0.15, -0.1) is 22.7 Å². The third-order valence-corrected chi connectivity index (χ3v) is 13.9. The number of rotatable bonds is 6. The fourth-order valence-corrected chi connectivity index (χ4v) is 11.7. The van der Waals surface area contributed by atoms with Gasteiger partial charge in [-0.3, -0.25) is 19.2 Å². The molecule has 0 radical (unpaired) electrons. The van der Waals surface area contributed by atoms with E-state index in [9.17, 15) is 28.8 Å². The fourth-order valence-electron chi connectivity index (χ4n) is 9.04. The minimum atomic E-state index is -0.677. The first kappa shape index (κ1) is 36.1. The van der Waals surface area contributed by atoms with Crippen molar-refractivity contribution in [3.63, 3.8) is 0 Å². The van der Waals surface area contributed by atoms with E-state index in [-0.39, 0.29) is 67.4 Å². The summed E-state index contributed by atoms with van der Waals surface area (Å²) in [6.07, 6.45) is 4.58. The predicted molar refractivity (Wildman–Crippen MR) is 222 cm³/mol. The van der Waals surface area contributed by atoms with Crippen LogP contribution < -0.4 is 9.80 Å². The number of hydrogen-bond donors (Lipinski definition) is 0. The molecule has 0 saturated carbocycles. The van der Waals surface area contributed by atoms with Gasteiger partial charge in [0.25, 0.3) is 23.6 Å². The minimum absolute atomic E-state index is 0.0991. The maximum absolute atomic E-state index is 14.7. The van der Waals surface area contributed by atoms with Crippen molar-refractivity contribution in [2.75, 3.05) is 23.0 Å². The van der Waals surface area contributed by atoms with Crippen LogP contribution in [0.2, 0.25) is 0 Å². The molecule has 4 aromatic carbocycles. The van der Waals surface area contributed by atoms with Crippen LogP contribution in [0.3, 0.4) is 0 Å². The van der Waals surface area contributed by atoms with Gasteiger partial charge in [-0.2, -0.15) is 0 Å². The molecular weight excluding hydrogens is 773 g/mol. The molecule has 10 nitrogen and oxygen atoms in total. The normalized spacial score (nSPS) is 15.3. The van der Waals surface area contributed by atoms with Gasteiger partial charge in [0.1, 0.15) is 21.1 Å². The van der Waals surface area contributed by atoms with Crippen LogP contribution in [-0.4, -0.2) is 48.8 Å². The average Bonchev–Trinajstić information content (AvgIpc) is 3.65. The van der Waals surface area contributed by atoms with E-state index in [1.54, 1.807) is 13.8 Å². The molecule has 6 aromatic rings.